The third-order valence-corrected chi connectivity index (χ3v) is 3.23. The van der Waals surface area contributed by atoms with Gasteiger partial charge in [0.2, 0.25) is 0 Å². The van der Waals surface area contributed by atoms with Crippen molar-refractivity contribution in [1.29, 1.82) is 0 Å². The molecule has 1 aromatic carbocycles. The molecule has 0 unspecified atom stereocenters. The molecule has 0 aromatic heterocycles. The molecule has 2 heteroatoms. The molecule has 1 saturated carbocycles. The Morgan fingerprint density at radius 3 is 2.62 bits per heavy atom. The lowest BCUT2D eigenvalue weighted by atomic mass is 9.95. The largest absolute Gasteiger partial charge is 0.390 e. The summed E-state index contributed by atoms with van der Waals surface area (Å²) in [6.07, 6.45) is 4.99. The van der Waals surface area contributed by atoms with Gasteiger partial charge in [-0.15, -0.1) is 0 Å². The van der Waals surface area contributed by atoms with E-state index in [1.165, 1.54) is 12.0 Å². The van der Waals surface area contributed by atoms with Gasteiger partial charge in [0, 0.05) is 0 Å². The molecule has 1 fully saturated rings. The van der Waals surface area contributed by atoms with Crippen LogP contribution in [0.5, 0.6) is 0 Å². The van der Waals surface area contributed by atoms with Crippen LogP contribution in [0.25, 0.3) is 0 Å². The van der Waals surface area contributed by atoms with E-state index in [1.807, 2.05) is 18.2 Å². The molecule has 0 bridgehead atoms. The Balaban J connectivity index is 1.71. The van der Waals surface area contributed by atoms with Crippen molar-refractivity contribution in [2.24, 2.45) is 0 Å². The van der Waals surface area contributed by atoms with Gasteiger partial charge in [0.15, 0.2) is 0 Å². The van der Waals surface area contributed by atoms with Crippen molar-refractivity contribution in [3.05, 3.63) is 35.9 Å². The van der Waals surface area contributed by atoms with Crippen LogP contribution in [0, 0.1) is 0 Å². The van der Waals surface area contributed by atoms with Gasteiger partial charge >= 0.3 is 0 Å². The highest BCUT2D eigenvalue weighted by Crippen LogP contribution is 2.21. The average Bonchev–Trinajstić information content (AvgIpc) is 2.33. The van der Waals surface area contributed by atoms with Crippen LogP contribution in [0.15, 0.2) is 30.3 Å². The van der Waals surface area contributed by atoms with Crippen LogP contribution in [0.4, 0.5) is 0 Å². The van der Waals surface area contributed by atoms with Gasteiger partial charge in [-0.25, -0.2) is 0 Å². The van der Waals surface area contributed by atoms with Gasteiger partial charge in [0.05, 0.1) is 18.8 Å². The molecule has 1 aromatic rings. The highest BCUT2D eigenvalue weighted by atomic mass is 16.5. The number of rotatable bonds is 4. The van der Waals surface area contributed by atoms with Gasteiger partial charge in [0.25, 0.3) is 0 Å². The quantitative estimate of drug-likeness (QED) is 0.845. The zero-order chi connectivity index (χ0) is 11.2. The van der Waals surface area contributed by atoms with Crippen molar-refractivity contribution in [3.63, 3.8) is 0 Å². The van der Waals surface area contributed by atoms with Crippen LogP contribution in [-0.2, 0) is 11.2 Å². The Hall–Kier alpha value is -0.860. The Morgan fingerprint density at radius 1 is 1.12 bits per heavy atom. The Morgan fingerprint density at radius 2 is 1.88 bits per heavy atom. The van der Waals surface area contributed by atoms with Crippen molar-refractivity contribution in [1.82, 2.24) is 0 Å². The zero-order valence-corrected chi connectivity index (χ0v) is 9.64. The van der Waals surface area contributed by atoms with Crippen molar-refractivity contribution >= 4 is 0 Å². The normalized spacial score (nSPS) is 25.6. The van der Waals surface area contributed by atoms with E-state index < -0.39 is 0 Å². The van der Waals surface area contributed by atoms with E-state index in [9.17, 15) is 5.11 Å². The molecule has 2 nitrogen and oxygen atoms in total. The molecule has 16 heavy (non-hydrogen) atoms. The van der Waals surface area contributed by atoms with Crippen molar-refractivity contribution in [3.8, 4) is 0 Å². The molecule has 2 atom stereocenters. The maximum absolute atomic E-state index is 9.74. The summed E-state index contributed by atoms with van der Waals surface area (Å²) in [6.45, 7) is 0.714. The van der Waals surface area contributed by atoms with E-state index in [1.54, 1.807) is 0 Å². The number of ether oxygens (including phenoxy) is 1. The molecule has 0 heterocycles. The van der Waals surface area contributed by atoms with E-state index in [4.69, 9.17) is 4.74 Å². The second-order valence-corrected chi connectivity index (χ2v) is 4.50. The Labute approximate surface area is 97.3 Å². The molecule has 88 valence electrons. The lowest BCUT2D eigenvalue weighted by molar-refractivity contribution is -0.0575. The summed E-state index contributed by atoms with van der Waals surface area (Å²) in [5.41, 5.74) is 1.30. The van der Waals surface area contributed by atoms with Crippen LogP contribution >= 0.6 is 0 Å². The lowest BCUT2D eigenvalue weighted by Crippen LogP contribution is -2.32. The van der Waals surface area contributed by atoms with E-state index in [2.05, 4.69) is 12.1 Å². The first-order chi connectivity index (χ1) is 7.86. The molecule has 0 spiro atoms. The highest BCUT2D eigenvalue weighted by molar-refractivity contribution is 5.14. The van der Waals surface area contributed by atoms with Gasteiger partial charge in [-0.05, 0) is 24.8 Å². The fourth-order valence-corrected chi connectivity index (χ4v) is 2.24. The summed E-state index contributed by atoms with van der Waals surface area (Å²) in [5.74, 6) is 0. The number of aliphatic hydroxyl groups is 1. The van der Waals surface area contributed by atoms with E-state index in [-0.39, 0.29) is 12.2 Å². The molecule has 1 aliphatic carbocycles. The second-order valence-electron chi connectivity index (χ2n) is 4.50. The monoisotopic (exact) mass is 220 g/mol. The molecule has 0 radical (unpaired) electrons. The molecule has 2 rings (SSSR count). The molecular formula is C14H20O2. The van der Waals surface area contributed by atoms with Gasteiger partial charge in [-0.1, -0.05) is 43.2 Å². The van der Waals surface area contributed by atoms with Crippen LogP contribution < -0.4 is 0 Å². The molecule has 1 aliphatic rings. The minimum atomic E-state index is -0.246. The molecule has 0 saturated heterocycles. The first kappa shape index (κ1) is 11.6. The lowest BCUT2D eigenvalue weighted by Gasteiger charge is -2.27. The maximum Gasteiger partial charge on any atom is 0.0834 e. The maximum atomic E-state index is 9.74. The smallest absolute Gasteiger partial charge is 0.0834 e. The summed E-state index contributed by atoms with van der Waals surface area (Å²) in [6, 6.07) is 10.3. The van der Waals surface area contributed by atoms with Crippen LogP contribution in [0.2, 0.25) is 0 Å². The Kier molecular flexibility index (Phi) is 4.37. The summed E-state index contributed by atoms with van der Waals surface area (Å²) >= 11 is 0. The summed E-state index contributed by atoms with van der Waals surface area (Å²) in [7, 11) is 0. The predicted molar refractivity (Wildman–Crippen MR) is 64.4 cm³/mol. The molecular weight excluding hydrogens is 200 g/mol. The van der Waals surface area contributed by atoms with Crippen LogP contribution in [0.1, 0.15) is 31.2 Å². The van der Waals surface area contributed by atoms with Gasteiger partial charge in [0.1, 0.15) is 0 Å². The SMILES string of the molecule is O[C@H]1CCCC[C@H]1OCCc1ccccc1. The van der Waals surface area contributed by atoms with Crippen molar-refractivity contribution in [2.45, 2.75) is 44.3 Å². The first-order valence-electron chi connectivity index (χ1n) is 6.20. The first-order valence-corrected chi connectivity index (χ1v) is 6.20. The van der Waals surface area contributed by atoms with Crippen molar-refractivity contribution in [2.75, 3.05) is 6.61 Å². The third-order valence-electron chi connectivity index (χ3n) is 3.23. The van der Waals surface area contributed by atoms with Gasteiger partial charge in [-0.2, -0.15) is 0 Å². The van der Waals surface area contributed by atoms with Crippen molar-refractivity contribution < 1.29 is 9.84 Å². The third kappa shape index (κ3) is 3.32. The number of hydrogen-bond donors (Lipinski definition) is 1. The molecule has 0 aliphatic heterocycles. The summed E-state index contributed by atoms with van der Waals surface area (Å²) in [4.78, 5) is 0. The standard InChI is InChI=1S/C14H20O2/c15-13-8-4-5-9-14(13)16-11-10-12-6-2-1-3-7-12/h1-3,6-7,13-15H,4-5,8-11H2/t13-,14+/m0/s1. The van der Waals surface area contributed by atoms with E-state index in [0.29, 0.717) is 6.61 Å². The fourth-order valence-electron chi connectivity index (χ4n) is 2.24. The highest BCUT2D eigenvalue weighted by Gasteiger charge is 2.23. The summed E-state index contributed by atoms with van der Waals surface area (Å²) < 4.78 is 5.75. The zero-order valence-electron chi connectivity index (χ0n) is 9.64. The summed E-state index contributed by atoms with van der Waals surface area (Å²) in [5, 5.41) is 9.74. The average molecular weight is 220 g/mol. The second kappa shape index (κ2) is 6.02. The number of benzene rings is 1. The topological polar surface area (TPSA) is 29.5 Å². The Bertz CT molecular complexity index is 297. The number of aliphatic hydroxyl groups excluding tert-OH is 1. The van der Waals surface area contributed by atoms with Gasteiger partial charge < -0.3 is 9.84 Å². The molecule has 0 amide bonds. The minimum Gasteiger partial charge on any atom is -0.390 e. The fraction of sp³-hybridized carbons (Fsp3) is 0.571. The number of hydrogen-bond acceptors (Lipinski definition) is 2. The molecule has 1 N–H and O–H groups in total. The van der Waals surface area contributed by atoms with Crippen LogP contribution in [-0.4, -0.2) is 23.9 Å². The van der Waals surface area contributed by atoms with Gasteiger partial charge in [-0.3, -0.25) is 0 Å². The van der Waals surface area contributed by atoms with E-state index >= 15 is 0 Å². The minimum absolute atomic E-state index is 0.0671. The van der Waals surface area contributed by atoms with E-state index in [0.717, 1.165) is 25.7 Å². The predicted octanol–water partition coefficient (Wildman–Crippen LogP) is 2.55. The van der Waals surface area contributed by atoms with Crippen LogP contribution in [0.3, 0.4) is 0 Å².